The van der Waals surface area contributed by atoms with Crippen LogP contribution >= 0.6 is 0 Å². The van der Waals surface area contributed by atoms with E-state index in [9.17, 15) is 4.79 Å². The minimum atomic E-state index is -0.397. The van der Waals surface area contributed by atoms with Gasteiger partial charge in [-0.1, -0.05) is 24.3 Å². The van der Waals surface area contributed by atoms with Gasteiger partial charge in [-0.2, -0.15) is 5.10 Å². The molecule has 0 bridgehead atoms. The Kier molecular flexibility index (Phi) is 5.74. The van der Waals surface area contributed by atoms with Gasteiger partial charge in [0.05, 0.1) is 13.3 Å². The highest BCUT2D eigenvalue weighted by atomic mass is 16.5. The second kappa shape index (κ2) is 7.98. The number of amides is 1. The molecule has 120 valence electrons. The number of benzene rings is 2. The van der Waals surface area contributed by atoms with Crippen molar-refractivity contribution in [2.45, 2.75) is 19.9 Å². The number of rotatable bonds is 6. The van der Waals surface area contributed by atoms with Crippen LogP contribution in [0.3, 0.4) is 0 Å². The maximum atomic E-state index is 12.1. The molecule has 5 nitrogen and oxygen atoms in total. The molecule has 2 aromatic rings. The molecule has 5 heteroatoms. The van der Waals surface area contributed by atoms with E-state index in [0.717, 1.165) is 16.8 Å². The third-order valence-corrected chi connectivity index (χ3v) is 3.31. The Balaban J connectivity index is 1.92. The number of methoxy groups -OCH3 is 1. The van der Waals surface area contributed by atoms with Gasteiger partial charge in [-0.15, -0.1) is 0 Å². The van der Waals surface area contributed by atoms with Crippen LogP contribution in [0, 0.1) is 6.92 Å². The van der Waals surface area contributed by atoms with E-state index in [-0.39, 0.29) is 5.91 Å². The molecule has 2 aromatic carbocycles. The number of anilines is 1. The summed E-state index contributed by atoms with van der Waals surface area (Å²) >= 11 is 0. The number of para-hydroxylation sites is 1. The summed E-state index contributed by atoms with van der Waals surface area (Å²) in [6.45, 7) is 3.80. The number of nitrogens with zero attached hydrogens (tertiary/aromatic N) is 1. The van der Waals surface area contributed by atoms with Crippen molar-refractivity contribution in [1.29, 1.82) is 0 Å². The molecule has 0 radical (unpaired) electrons. The van der Waals surface area contributed by atoms with Gasteiger partial charge in [-0.05, 0) is 43.7 Å². The zero-order valence-corrected chi connectivity index (χ0v) is 13.5. The zero-order chi connectivity index (χ0) is 16.7. The van der Waals surface area contributed by atoms with Gasteiger partial charge >= 0.3 is 0 Å². The fourth-order valence-electron chi connectivity index (χ4n) is 2.09. The van der Waals surface area contributed by atoms with Gasteiger partial charge in [-0.25, -0.2) is 5.43 Å². The quantitative estimate of drug-likeness (QED) is 0.637. The van der Waals surface area contributed by atoms with Crippen LogP contribution in [-0.4, -0.2) is 25.3 Å². The van der Waals surface area contributed by atoms with Crippen molar-refractivity contribution in [3.8, 4) is 5.75 Å². The molecule has 1 atom stereocenters. The standard InChI is InChI=1S/C18H21N3O2/c1-13-7-6-9-16(11-13)20-14(2)18(22)21-19-12-15-8-4-5-10-17(15)23-3/h4-12,14,20H,1-3H3,(H,21,22). The maximum absolute atomic E-state index is 12.1. The Bertz CT molecular complexity index is 698. The second-order valence-corrected chi connectivity index (χ2v) is 5.21. The van der Waals surface area contributed by atoms with Crippen LogP contribution in [0.1, 0.15) is 18.1 Å². The zero-order valence-electron chi connectivity index (χ0n) is 13.5. The molecule has 23 heavy (non-hydrogen) atoms. The summed E-state index contributed by atoms with van der Waals surface area (Å²) in [7, 11) is 1.60. The number of hydrogen-bond donors (Lipinski definition) is 2. The average molecular weight is 311 g/mol. The van der Waals surface area contributed by atoms with Crippen LogP contribution in [0.15, 0.2) is 53.6 Å². The van der Waals surface area contributed by atoms with Crippen molar-refractivity contribution in [3.63, 3.8) is 0 Å². The molecule has 0 saturated heterocycles. The Morgan fingerprint density at radius 1 is 1.22 bits per heavy atom. The lowest BCUT2D eigenvalue weighted by Gasteiger charge is -2.13. The first-order valence-corrected chi connectivity index (χ1v) is 7.39. The molecule has 0 aliphatic heterocycles. The third-order valence-electron chi connectivity index (χ3n) is 3.31. The number of nitrogens with one attached hydrogen (secondary N) is 2. The van der Waals surface area contributed by atoms with Crippen molar-refractivity contribution in [1.82, 2.24) is 5.43 Å². The lowest BCUT2D eigenvalue weighted by Crippen LogP contribution is -2.34. The molecule has 0 heterocycles. The number of hydrogen-bond acceptors (Lipinski definition) is 4. The molecule has 2 rings (SSSR count). The highest BCUT2D eigenvalue weighted by molar-refractivity contribution is 5.87. The predicted octanol–water partition coefficient (Wildman–Crippen LogP) is 2.95. The summed E-state index contributed by atoms with van der Waals surface area (Å²) in [5.74, 6) is 0.495. The molecule has 0 aromatic heterocycles. The molecule has 0 aliphatic carbocycles. The first-order chi connectivity index (χ1) is 11.1. The van der Waals surface area contributed by atoms with Crippen LogP contribution in [0.5, 0.6) is 5.75 Å². The van der Waals surface area contributed by atoms with Gasteiger partial charge in [0.2, 0.25) is 0 Å². The monoisotopic (exact) mass is 311 g/mol. The van der Waals surface area contributed by atoms with Gasteiger partial charge in [-0.3, -0.25) is 4.79 Å². The molecule has 1 unspecified atom stereocenters. The minimum absolute atomic E-state index is 0.211. The van der Waals surface area contributed by atoms with Crippen molar-refractivity contribution in [3.05, 3.63) is 59.7 Å². The Morgan fingerprint density at radius 3 is 2.74 bits per heavy atom. The highest BCUT2D eigenvalue weighted by Crippen LogP contribution is 2.14. The summed E-state index contributed by atoms with van der Waals surface area (Å²) in [5, 5.41) is 7.13. The van der Waals surface area contributed by atoms with E-state index in [1.54, 1.807) is 20.2 Å². The maximum Gasteiger partial charge on any atom is 0.262 e. The normalized spacial score (nSPS) is 12.0. The van der Waals surface area contributed by atoms with Crippen molar-refractivity contribution in [2.75, 3.05) is 12.4 Å². The lowest BCUT2D eigenvalue weighted by atomic mass is 10.2. The van der Waals surface area contributed by atoms with Gasteiger partial charge in [0.25, 0.3) is 5.91 Å². The summed E-state index contributed by atoms with van der Waals surface area (Å²) < 4.78 is 5.22. The largest absolute Gasteiger partial charge is 0.496 e. The molecule has 0 fully saturated rings. The molecule has 1 amide bonds. The van der Waals surface area contributed by atoms with E-state index in [0.29, 0.717) is 5.75 Å². The molecule has 0 spiro atoms. The smallest absolute Gasteiger partial charge is 0.262 e. The van der Waals surface area contributed by atoms with Gasteiger partial charge in [0, 0.05) is 11.3 Å². The topological polar surface area (TPSA) is 62.7 Å². The summed E-state index contributed by atoms with van der Waals surface area (Å²) in [4.78, 5) is 12.1. The molecule has 2 N–H and O–H groups in total. The van der Waals surface area contributed by atoms with E-state index in [1.165, 1.54) is 0 Å². The lowest BCUT2D eigenvalue weighted by molar-refractivity contribution is -0.121. The van der Waals surface area contributed by atoms with Crippen LogP contribution in [0.2, 0.25) is 0 Å². The van der Waals surface area contributed by atoms with E-state index < -0.39 is 6.04 Å². The van der Waals surface area contributed by atoms with Crippen molar-refractivity contribution < 1.29 is 9.53 Å². The van der Waals surface area contributed by atoms with E-state index in [1.807, 2.05) is 55.5 Å². The van der Waals surface area contributed by atoms with Crippen LogP contribution < -0.4 is 15.5 Å². The SMILES string of the molecule is COc1ccccc1C=NNC(=O)C(C)Nc1cccc(C)c1. The van der Waals surface area contributed by atoms with E-state index in [4.69, 9.17) is 4.74 Å². The van der Waals surface area contributed by atoms with Gasteiger partial charge in [0.15, 0.2) is 0 Å². The summed E-state index contributed by atoms with van der Waals surface area (Å²) in [5.41, 5.74) is 5.37. The molecular weight excluding hydrogens is 290 g/mol. The number of hydrazone groups is 1. The first kappa shape index (κ1) is 16.5. The van der Waals surface area contributed by atoms with E-state index >= 15 is 0 Å². The Morgan fingerprint density at radius 2 is 2.00 bits per heavy atom. The van der Waals surface area contributed by atoms with Crippen molar-refractivity contribution in [2.24, 2.45) is 5.10 Å². The number of carbonyl (C=O) groups excluding carboxylic acids is 1. The predicted molar refractivity (Wildman–Crippen MR) is 93.0 cm³/mol. The fourth-order valence-corrected chi connectivity index (χ4v) is 2.09. The fraction of sp³-hybridized carbons (Fsp3) is 0.222. The average Bonchev–Trinajstić information content (AvgIpc) is 2.55. The van der Waals surface area contributed by atoms with Crippen LogP contribution in [-0.2, 0) is 4.79 Å². The Labute approximate surface area is 136 Å². The van der Waals surface area contributed by atoms with Crippen molar-refractivity contribution >= 4 is 17.8 Å². The minimum Gasteiger partial charge on any atom is -0.496 e. The molecular formula is C18H21N3O2. The number of carbonyl (C=O) groups is 1. The summed E-state index contributed by atoms with van der Waals surface area (Å²) in [6.07, 6.45) is 1.57. The highest BCUT2D eigenvalue weighted by Gasteiger charge is 2.11. The van der Waals surface area contributed by atoms with Gasteiger partial charge < -0.3 is 10.1 Å². The Hall–Kier alpha value is -2.82. The summed E-state index contributed by atoms with van der Waals surface area (Å²) in [6, 6.07) is 14.9. The van der Waals surface area contributed by atoms with Gasteiger partial charge in [0.1, 0.15) is 11.8 Å². The second-order valence-electron chi connectivity index (χ2n) is 5.21. The number of ether oxygens (including phenoxy) is 1. The number of aryl methyl sites for hydroxylation is 1. The molecule has 0 aliphatic rings. The first-order valence-electron chi connectivity index (χ1n) is 7.39. The van der Waals surface area contributed by atoms with Crippen LogP contribution in [0.4, 0.5) is 5.69 Å². The van der Waals surface area contributed by atoms with E-state index in [2.05, 4.69) is 15.8 Å². The van der Waals surface area contributed by atoms with Crippen LogP contribution in [0.25, 0.3) is 0 Å². The third kappa shape index (κ3) is 4.85. The molecule has 0 saturated carbocycles.